The Hall–Kier alpha value is -0.860. The third-order valence-electron chi connectivity index (χ3n) is 2.17. The van der Waals surface area contributed by atoms with E-state index in [0.29, 0.717) is 0 Å². The molecular formula is C12H9BrClN. The van der Waals surface area contributed by atoms with Gasteiger partial charge in [0.2, 0.25) is 0 Å². The number of rotatable bonds is 1. The van der Waals surface area contributed by atoms with Gasteiger partial charge in [0, 0.05) is 21.3 Å². The standard InChI is InChI=1S/C12H9BrClN/c1-8-5-12(15-7-11(8)13)9-3-2-4-10(14)6-9/h2-7H,1H3. The zero-order valence-corrected chi connectivity index (χ0v) is 10.5. The number of aromatic nitrogens is 1. The van der Waals surface area contributed by atoms with E-state index in [-0.39, 0.29) is 0 Å². The number of aryl methyl sites for hydroxylation is 1. The molecule has 2 rings (SSSR count). The smallest absolute Gasteiger partial charge is 0.0705 e. The summed E-state index contributed by atoms with van der Waals surface area (Å²) in [7, 11) is 0. The normalized spacial score (nSPS) is 10.3. The molecule has 1 aromatic heterocycles. The number of hydrogen-bond acceptors (Lipinski definition) is 1. The molecule has 0 atom stereocenters. The maximum absolute atomic E-state index is 5.93. The Morgan fingerprint density at radius 2 is 2.07 bits per heavy atom. The first-order valence-electron chi connectivity index (χ1n) is 4.55. The quantitative estimate of drug-likeness (QED) is 0.752. The first kappa shape index (κ1) is 10.7. The summed E-state index contributed by atoms with van der Waals surface area (Å²) >= 11 is 9.36. The zero-order valence-electron chi connectivity index (χ0n) is 8.17. The highest BCUT2D eigenvalue weighted by Gasteiger charge is 2.02. The SMILES string of the molecule is Cc1cc(-c2cccc(Cl)c2)ncc1Br. The molecule has 2 aromatic rings. The lowest BCUT2D eigenvalue weighted by Crippen LogP contribution is -1.85. The highest BCUT2D eigenvalue weighted by atomic mass is 79.9. The van der Waals surface area contributed by atoms with E-state index in [9.17, 15) is 0 Å². The zero-order chi connectivity index (χ0) is 10.8. The molecule has 76 valence electrons. The van der Waals surface area contributed by atoms with Gasteiger partial charge in [-0.05, 0) is 46.6 Å². The lowest BCUT2D eigenvalue weighted by atomic mass is 10.1. The third kappa shape index (κ3) is 2.39. The highest BCUT2D eigenvalue weighted by molar-refractivity contribution is 9.10. The summed E-state index contributed by atoms with van der Waals surface area (Å²) < 4.78 is 1.02. The van der Waals surface area contributed by atoms with Gasteiger partial charge in [-0.3, -0.25) is 4.98 Å². The molecule has 0 aliphatic carbocycles. The van der Waals surface area contributed by atoms with Crippen molar-refractivity contribution in [3.63, 3.8) is 0 Å². The Kier molecular flexibility index (Phi) is 3.08. The molecule has 0 unspecified atom stereocenters. The molecule has 15 heavy (non-hydrogen) atoms. The van der Waals surface area contributed by atoms with E-state index in [1.54, 1.807) is 0 Å². The maximum atomic E-state index is 5.93. The number of hydrogen-bond donors (Lipinski definition) is 0. The molecule has 1 nitrogen and oxygen atoms in total. The van der Waals surface area contributed by atoms with Crippen LogP contribution in [0, 0.1) is 6.92 Å². The average molecular weight is 283 g/mol. The van der Waals surface area contributed by atoms with Crippen LogP contribution in [-0.2, 0) is 0 Å². The minimum absolute atomic E-state index is 0.731. The summed E-state index contributed by atoms with van der Waals surface area (Å²) in [4.78, 5) is 4.34. The second-order valence-electron chi connectivity index (χ2n) is 3.33. The number of halogens is 2. The van der Waals surface area contributed by atoms with Crippen LogP contribution in [0.5, 0.6) is 0 Å². The van der Waals surface area contributed by atoms with Crippen molar-refractivity contribution in [2.45, 2.75) is 6.92 Å². The predicted molar refractivity (Wildman–Crippen MR) is 67.1 cm³/mol. The van der Waals surface area contributed by atoms with Crippen molar-refractivity contribution in [2.75, 3.05) is 0 Å². The van der Waals surface area contributed by atoms with E-state index in [1.807, 2.05) is 43.5 Å². The molecule has 0 saturated heterocycles. The van der Waals surface area contributed by atoms with E-state index in [2.05, 4.69) is 20.9 Å². The van der Waals surface area contributed by atoms with Gasteiger partial charge in [0.1, 0.15) is 0 Å². The second-order valence-corrected chi connectivity index (χ2v) is 4.62. The Morgan fingerprint density at radius 3 is 2.73 bits per heavy atom. The molecule has 0 aliphatic heterocycles. The molecule has 0 amide bonds. The van der Waals surface area contributed by atoms with E-state index in [1.165, 1.54) is 5.56 Å². The van der Waals surface area contributed by atoms with Crippen LogP contribution in [0.3, 0.4) is 0 Å². The first-order chi connectivity index (χ1) is 7.16. The van der Waals surface area contributed by atoms with Gasteiger partial charge in [-0.25, -0.2) is 0 Å². The van der Waals surface area contributed by atoms with Crippen LogP contribution < -0.4 is 0 Å². The van der Waals surface area contributed by atoms with Gasteiger partial charge in [-0.2, -0.15) is 0 Å². The van der Waals surface area contributed by atoms with Crippen LogP contribution in [0.25, 0.3) is 11.3 Å². The van der Waals surface area contributed by atoms with Crippen molar-refractivity contribution in [1.29, 1.82) is 0 Å². The van der Waals surface area contributed by atoms with Crippen molar-refractivity contribution >= 4 is 27.5 Å². The molecule has 1 aromatic carbocycles. The van der Waals surface area contributed by atoms with Crippen molar-refractivity contribution in [1.82, 2.24) is 4.98 Å². The Morgan fingerprint density at radius 1 is 1.27 bits per heavy atom. The van der Waals surface area contributed by atoms with Crippen molar-refractivity contribution in [2.24, 2.45) is 0 Å². The van der Waals surface area contributed by atoms with Gasteiger partial charge in [0.05, 0.1) is 5.69 Å². The number of pyridine rings is 1. The van der Waals surface area contributed by atoms with Crippen LogP contribution in [0.1, 0.15) is 5.56 Å². The molecule has 0 fully saturated rings. The summed E-state index contributed by atoms with van der Waals surface area (Å²) in [5, 5.41) is 0.731. The Bertz CT molecular complexity index is 497. The molecule has 0 spiro atoms. The summed E-state index contributed by atoms with van der Waals surface area (Å²) in [6, 6.07) is 9.74. The van der Waals surface area contributed by atoms with Crippen LogP contribution in [0.2, 0.25) is 5.02 Å². The maximum Gasteiger partial charge on any atom is 0.0705 e. The summed E-state index contributed by atoms with van der Waals surface area (Å²) in [5.74, 6) is 0. The lowest BCUT2D eigenvalue weighted by molar-refractivity contribution is 1.26. The molecule has 0 saturated carbocycles. The fraction of sp³-hybridized carbons (Fsp3) is 0.0833. The minimum atomic E-state index is 0.731. The first-order valence-corrected chi connectivity index (χ1v) is 5.72. The van der Waals surface area contributed by atoms with Crippen molar-refractivity contribution in [3.8, 4) is 11.3 Å². The number of benzene rings is 1. The molecule has 3 heteroatoms. The molecule has 0 radical (unpaired) electrons. The van der Waals surface area contributed by atoms with E-state index in [4.69, 9.17) is 11.6 Å². The molecule has 1 heterocycles. The molecule has 0 aliphatic rings. The predicted octanol–water partition coefficient (Wildman–Crippen LogP) is 4.47. The second kappa shape index (κ2) is 4.33. The molecule has 0 bridgehead atoms. The molecular weight excluding hydrogens is 273 g/mol. The topological polar surface area (TPSA) is 12.9 Å². The van der Waals surface area contributed by atoms with Gasteiger partial charge in [-0.15, -0.1) is 0 Å². The van der Waals surface area contributed by atoms with Gasteiger partial charge in [0.15, 0.2) is 0 Å². The van der Waals surface area contributed by atoms with E-state index >= 15 is 0 Å². The number of nitrogens with zero attached hydrogens (tertiary/aromatic N) is 1. The van der Waals surface area contributed by atoms with E-state index < -0.39 is 0 Å². The van der Waals surface area contributed by atoms with Gasteiger partial charge < -0.3 is 0 Å². The van der Waals surface area contributed by atoms with Gasteiger partial charge in [-0.1, -0.05) is 23.7 Å². The average Bonchev–Trinajstić information content (AvgIpc) is 2.22. The van der Waals surface area contributed by atoms with Gasteiger partial charge in [0.25, 0.3) is 0 Å². The third-order valence-corrected chi connectivity index (χ3v) is 3.23. The van der Waals surface area contributed by atoms with Gasteiger partial charge >= 0.3 is 0 Å². The van der Waals surface area contributed by atoms with Crippen LogP contribution in [0.15, 0.2) is 41.0 Å². The minimum Gasteiger partial charge on any atom is -0.255 e. The molecule has 0 N–H and O–H groups in total. The monoisotopic (exact) mass is 281 g/mol. The van der Waals surface area contributed by atoms with Crippen LogP contribution in [0.4, 0.5) is 0 Å². The summed E-state index contributed by atoms with van der Waals surface area (Å²) in [6.07, 6.45) is 1.81. The van der Waals surface area contributed by atoms with E-state index in [0.717, 1.165) is 20.8 Å². The van der Waals surface area contributed by atoms with Crippen LogP contribution in [-0.4, -0.2) is 4.98 Å². The largest absolute Gasteiger partial charge is 0.255 e. The highest BCUT2D eigenvalue weighted by Crippen LogP contribution is 2.24. The Balaban J connectivity index is 2.50. The fourth-order valence-corrected chi connectivity index (χ4v) is 1.75. The Labute approximate surface area is 102 Å². The fourth-order valence-electron chi connectivity index (χ4n) is 1.34. The van der Waals surface area contributed by atoms with Crippen molar-refractivity contribution < 1.29 is 0 Å². The van der Waals surface area contributed by atoms with Crippen LogP contribution >= 0.6 is 27.5 Å². The summed E-state index contributed by atoms with van der Waals surface area (Å²) in [5.41, 5.74) is 3.15. The lowest BCUT2D eigenvalue weighted by Gasteiger charge is -2.03. The van der Waals surface area contributed by atoms with Crippen molar-refractivity contribution in [3.05, 3.63) is 51.6 Å². The summed E-state index contributed by atoms with van der Waals surface area (Å²) in [6.45, 7) is 2.04.